The third kappa shape index (κ3) is 4.67. The van der Waals surface area contributed by atoms with Gasteiger partial charge in [0.05, 0.1) is 0 Å². The van der Waals surface area contributed by atoms with E-state index in [1.165, 1.54) is 4.90 Å². The quantitative estimate of drug-likeness (QED) is 0.796. The van der Waals surface area contributed by atoms with Gasteiger partial charge in [0, 0.05) is 26.2 Å². The number of hydrogen-bond donors (Lipinski definition) is 1. The lowest BCUT2D eigenvalue weighted by Gasteiger charge is -2.32. The van der Waals surface area contributed by atoms with Crippen molar-refractivity contribution in [2.45, 2.75) is 32.7 Å². The Morgan fingerprint density at radius 2 is 2.10 bits per heavy atom. The van der Waals surface area contributed by atoms with Crippen LogP contribution in [0.15, 0.2) is 0 Å². The predicted octanol–water partition coefficient (Wildman–Crippen LogP) is 1.18. The monoisotopic (exact) mass is 285 g/mol. The Hall–Kier alpha value is -1.30. The summed E-state index contributed by atoms with van der Waals surface area (Å²) in [5, 5.41) is 8.96. The number of hydrogen-bond acceptors (Lipinski definition) is 3. The molecular formula is C14H27N3O3. The predicted molar refractivity (Wildman–Crippen MR) is 77.7 cm³/mol. The zero-order valence-corrected chi connectivity index (χ0v) is 13.0. The normalized spacial score (nSPS) is 20.7. The number of carboxylic acids is 1. The van der Waals surface area contributed by atoms with E-state index in [2.05, 4.69) is 11.9 Å². The van der Waals surface area contributed by atoms with E-state index in [-0.39, 0.29) is 18.6 Å². The van der Waals surface area contributed by atoms with Gasteiger partial charge in [-0.3, -0.25) is 4.79 Å². The highest BCUT2D eigenvalue weighted by Crippen LogP contribution is 2.16. The molecule has 1 rings (SSSR count). The fourth-order valence-electron chi connectivity index (χ4n) is 2.64. The molecule has 1 fully saturated rings. The molecule has 1 heterocycles. The molecule has 0 aromatic carbocycles. The Morgan fingerprint density at radius 1 is 1.45 bits per heavy atom. The standard InChI is InChI=1S/C14H27N3O3/c1-5-11(2)17(10-13(18)19)14(20)16(4)9-12-6-7-15(3)8-12/h11-12H,5-10H2,1-4H3,(H,18,19). The van der Waals surface area contributed by atoms with Gasteiger partial charge in [0.2, 0.25) is 0 Å². The van der Waals surface area contributed by atoms with Crippen molar-refractivity contribution in [2.75, 3.05) is 40.3 Å². The molecule has 1 saturated heterocycles. The summed E-state index contributed by atoms with van der Waals surface area (Å²) in [5.74, 6) is -0.481. The minimum Gasteiger partial charge on any atom is -0.480 e. The number of nitrogens with zero attached hydrogens (tertiary/aromatic N) is 3. The minimum absolute atomic E-state index is 0.0627. The van der Waals surface area contributed by atoms with Crippen molar-refractivity contribution < 1.29 is 14.7 Å². The summed E-state index contributed by atoms with van der Waals surface area (Å²) in [5.41, 5.74) is 0. The average molecular weight is 285 g/mol. The molecule has 6 heteroatoms. The fraction of sp³-hybridized carbons (Fsp3) is 0.857. The largest absolute Gasteiger partial charge is 0.480 e. The molecule has 0 aromatic rings. The second kappa shape index (κ2) is 7.47. The van der Waals surface area contributed by atoms with Crippen molar-refractivity contribution in [3.63, 3.8) is 0 Å². The maximum absolute atomic E-state index is 12.4. The van der Waals surface area contributed by atoms with Crippen LogP contribution in [0.1, 0.15) is 26.7 Å². The lowest BCUT2D eigenvalue weighted by molar-refractivity contribution is -0.138. The highest BCUT2D eigenvalue weighted by Gasteiger charge is 2.27. The van der Waals surface area contributed by atoms with Crippen LogP contribution in [0.2, 0.25) is 0 Å². The second-order valence-electron chi connectivity index (χ2n) is 5.86. The van der Waals surface area contributed by atoms with E-state index < -0.39 is 5.97 Å². The molecule has 0 radical (unpaired) electrons. The summed E-state index contributed by atoms with van der Waals surface area (Å²) in [6.45, 7) is 6.37. The zero-order chi connectivity index (χ0) is 15.3. The Labute approximate surface area is 121 Å². The van der Waals surface area contributed by atoms with Gasteiger partial charge in [-0.1, -0.05) is 6.92 Å². The molecule has 0 saturated carbocycles. The van der Waals surface area contributed by atoms with E-state index in [0.717, 1.165) is 25.9 Å². The third-order valence-electron chi connectivity index (χ3n) is 4.02. The minimum atomic E-state index is -0.965. The summed E-state index contributed by atoms with van der Waals surface area (Å²) >= 11 is 0. The fourth-order valence-corrected chi connectivity index (χ4v) is 2.64. The van der Waals surface area contributed by atoms with Crippen LogP contribution < -0.4 is 0 Å². The summed E-state index contributed by atoms with van der Waals surface area (Å²) in [4.78, 5) is 28.7. The highest BCUT2D eigenvalue weighted by atomic mass is 16.4. The van der Waals surface area contributed by atoms with E-state index >= 15 is 0 Å². The van der Waals surface area contributed by atoms with Gasteiger partial charge in [0.15, 0.2) is 0 Å². The van der Waals surface area contributed by atoms with Crippen molar-refractivity contribution >= 4 is 12.0 Å². The maximum atomic E-state index is 12.4. The smallest absolute Gasteiger partial charge is 0.323 e. The summed E-state index contributed by atoms with van der Waals surface area (Å²) in [7, 11) is 3.84. The van der Waals surface area contributed by atoms with Crippen LogP contribution in [0.3, 0.4) is 0 Å². The zero-order valence-electron chi connectivity index (χ0n) is 13.0. The van der Waals surface area contributed by atoms with Crippen LogP contribution in [0.5, 0.6) is 0 Å². The van der Waals surface area contributed by atoms with Crippen LogP contribution in [0.25, 0.3) is 0 Å². The van der Waals surface area contributed by atoms with Crippen LogP contribution in [-0.4, -0.2) is 78.1 Å². The van der Waals surface area contributed by atoms with E-state index in [0.29, 0.717) is 12.5 Å². The lowest BCUT2D eigenvalue weighted by atomic mass is 10.1. The Balaban J connectivity index is 2.60. The molecule has 1 N–H and O–H groups in total. The molecular weight excluding hydrogens is 258 g/mol. The molecule has 20 heavy (non-hydrogen) atoms. The number of amides is 2. The number of carboxylic acid groups (broad SMARTS) is 1. The molecule has 0 spiro atoms. The maximum Gasteiger partial charge on any atom is 0.323 e. The number of likely N-dealkylation sites (tertiary alicyclic amines) is 1. The first-order chi connectivity index (χ1) is 9.35. The molecule has 2 unspecified atom stereocenters. The van der Waals surface area contributed by atoms with Crippen molar-refractivity contribution in [1.29, 1.82) is 0 Å². The van der Waals surface area contributed by atoms with E-state index in [1.807, 2.05) is 13.8 Å². The average Bonchev–Trinajstić information content (AvgIpc) is 2.79. The molecule has 1 aliphatic heterocycles. The second-order valence-corrected chi connectivity index (χ2v) is 5.86. The number of carbonyl (C=O) groups excluding carboxylic acids is 1. The van der Waals surface area contributed by atoms with Gasteiger partial charge in [-0.15, -0.1) is 0 Å². The molecule has 0 aromatic heterocycles. The Bertz CT molecular complexity index is 349. The van der Waals surface area contributed by atoms with Crippen molar-refractivity contribution in [3.05, 3.63) is 0 Å². The van der Waals surface area contributed by atoms with Crippen molar-refractivity contribution in [3.8, 4) is 0 Å². The number of carbonyl (C=O) groups is 2. The Morgan fingerprint density at radius 3 is 2.55 bits per heavy atom. The molecule has 0 bridgehead atoms. The van der Waals surface area contributed by atoms with Crippen molar-refractivity contribution in [2.24, 2.45) is 5.92 Å². The van der Waals surface area contributed by atoms with Crippen LogP contribution >= 0.6 is 0 Å². The van der Waals surface area contributed by atoms with Gasteiger partial charge in [-0.2, -0.15) is 0 Å². The van der Waals surface area contributed by atoms with E-state index in [1.54, 1.807) is 11.9 Å². The number of rotatable bonds is 6. The molecule has 2 amide bonds. The summed E-state index contributed by atoms with van der Waals surface area (Å²) < 4.78 is 0. The summed E-state index contributed by atoms with van der Waals surface area (Å²) in [6.07, 6.45) is 1.84. The van der Waals surface area contributed by atoms with Gasteiger partial charge in [-0.05, 0) is 39.3 Å². The van der Waals surface area contributed by atoms with Crippen LogP contribution in [-0.2, 0) is 4.79 Å². The molecule has 0 aliphatic carbocycles. The van der Waals surface area contributed by atoms with Gasteiger partial charge in [0.25, 0.3) is 0 Å². The summed E-state index contributed by atoms with van der Waals surface area (Å²) in [6, 6.07) is -0.247. The molecule has 2 atom stereocenters. The molecule has 1 aliphatic rings. The third-order valence-corrected chi connectivity index (χ3v) is 4.02. The number of urea groups is 1. The Kier molecular flexibility index (Phi) is 6.26. The van der Waals surface area contributed by atoms with Gasteiger partial charge < -0.3 is 19.8 Å². The first-order valence-corrected chi connectivity index (χ1v) is 7.27. The van der Waals surface area contributed by atoms with E-state index in [9.17, 15) is 9.59 Å². The van der Waals surface area contributed by atoms with Crippen LogP contribution in [0.4, 0.5) is 4.79 Å². The lowest BCUT2D eigenvalue weighted by Crippen LogP contribution is -2.49. The molecule has 6 nitrogen and oxygen atoms in total. The first-order valence-electron chi connectivity index (χ1n) is 7.27. The first kappa shape index (κ1) is 16.8. The van der Waals surface area contributed by atoms with Crippen molar-refractivity contribution in [1.82, 2.24) is 14.7 Å². The van der Waals surface area contributed by atoms with E-state index in [4.69, 9.17) is 5.11 Å². The van der Waals surface area contributed by atoms with Crippen LogP contribution in [0, 0.1) is 5.92 Å². The van der Waals surface area contributed by atoms with Gasteiger partial charge in [-0.25, -0.2) is 4.79 Å². The number of aliphatic carboxylic acids is 1. The van der Waals surface area contributed by atoms with Gasteiger partial charge >= 0.3 is 12.0 Å². The topological polar surface area (TPSA) is 64.1 Å². The van der Waals surface area contributed by atoms with Gasteiger partial charge in [0.1, 0.15) is 6.54 Å². The molecule has 116 valence electrons. The SMILES string of the molecule is CCC(C)N(CC(=O)O)C(=O)N(C)CC1CCN(C)C1. The highest BCUT2D eigenvalue weighted by molar-refractivity contribution is 5.80.